The number of carbonyl (C=O) groups is 1. The molecule has 0 bridgehead atoms. The molecule has 2 saturated heterocycles. The van der Waals surface area contributed by atoms with Crippen LogP contribution in [0.2, 0.25) is 0 Å². The fraction of sp³-hybridized carbons (Fsp3) is 0.545. The number of nitrogens with zero attached hydrogens (tertiary/aromatic N) is 5. The lowest BCUT2D eigenvalue weighted by Gasteiger charge is -2.39. The van der Waals surface area contributed by atoms with Crippen molar-refractivity contribution < 1.29 is 13.9 Å². The molecule has 1 spiro atoms. The van der Waals surface area contributed by atoms with E-state index in [1.807, 2.05) is 27.7 Å². The molecule has 0 unspecified atom stereocenters. The van der Waals surface area contributed by atoms with E-state index >= 15 is 0 Å². The predicted octanol–water partition coefficient (Wildman–Crippen LogP) is 3.28. The molecule has 0 atom stereocenters. The van der Waals surface area contributed by atoms with E-state index < -0.39 is 5.82 Å². The summed E-state index contributed by atoms with van der Waals surface area (Å²) < 4.78 is 20.1. The Bertz CT molecular complexity index is 961. The molecular formula is C22H30ClFN6O2. The molecule has 0 aliphatic carbocycles. The fourth-order valence-corrected chi connectivity index (χ4v) is 4.49. The summed E-state index contributed by atoms with van der Waals surface area (Å²) in [5, 5.41) is 11.4. The first-order valence-corrected chi connectivity index (χ1v) is 10.7. The van der Waals surface area contributed by atoms with Crippen LogP contribution in [0.1, 0.15) is 44.5 Å². The lowest BCUT2D eigenvalue weighted by Crippen LogP contribution is -2.54. The Labute approximate surface area is 194 Å². The lowest BCUT2D eigenvalue weighted by atomic mass is 9.81. The third-order valence-electron chi connectivity index (χ3n) is 6.04. The topological polar surface area (TPSA) is 83.5 Å². The Morgan fingerprint density at radius 1 is 1.25 bits per heavy atom. The predicted molar refractivity (Wildman–Crippen MR) is 122 cm³/mol. The van der Waals surface area contributed by atoms with Gasteiger partial charge in [0.15, 0.2) is 5.82 Å². The molecule has 4 rings (SSSR count). The van der Waals surface area contributed by atoms with Crippen LogP contribution < -0.4 is 15.0 Å². The molecule has 2 aromatic rings. The van der Waals surface area contributed by atoms with Gasteiger partial charge in [-0.3, -0.25) is 4.79 Å². The van der Waals surface area contributed by atoms with Gasteiger partial charge in [0, 0.05) is 43.7 Å². The van der Waals surface area contributed by atoms with Crippen molar-refractivity contribution in [3.63, 3.8) is 0 Å². The van der Waals surface area contributed by atoms with Crippen molar-refractivity contribution in [1.29, 1.82) is 0 Å². The minimum atomic E-state index is -0.500. The molecule has 8 nitrogen and oxygen atoms in total. The molecule has 2 aliphatic rings. The molecule has 10 heteroatoms. The van der Waals surface area contributed by atoms with Gasteiger partial charge in [-0.1, -0.05) is 0 Å². The van der Waals surface area contributed by atoms with E-state index in [9.17, 15) is 9.18 Å². The van der Waals surface area contributed by atoms with Crippen LogP contribution in [0.15, 0.2) is 24.5 Å². The summed E-state index contributed by atoms with van der Waals surface area (Å²) in [6.07, 6.45) is 2.46. The van der Waals surface area contributed by atoms with Gasteiger partial charge in [0.2, 0.25) is 0 Å². The van der Waals surface area contributed by atoms with Crippen LogP contribution in [0.5, 0.6) is 11.6 Å². The first-order chi connectivity index (χ1) is 14.8. The average molecular weight is 465 g/mol. The van der Waals surface area contributed by atoms with Gasteiger partial charge in [0.1, 0.15) is 17.9 Å². The van der Waals surface area contributed by atoms with Crippen LogP contribution >= 0.6 is 12.4 Å². The number of hydrogen-bond donors (Lipinski definition) is 1. The number of rotatable bonds is 6. The van der Waals surface area contributed by atoms with E-state index in [-0.39, 0.29) is 53.0 Å². The van der Waals surface area contributed by atoms with Gasteiger partial charge < -0.3 is 19.9 Å². The highest BCUT2D eigenvalue weighted by molar-refractivity contribution is 5.97. The van der Waals surface area contributed by atoms with Crippen LogP contribution in [-0.2, 0) is 0 Å². The van der Waals surface area contributed by atoms with E-state index in [1.165, 1.54) is 24.5 Å². The number of halogens is 2. The Morgan fingerprint density at radius 3 is 2.56 bits per heavy atom. The van der Waals surface area contributed by atoms with E-state index in [0.29, 0.717) is 5.82 Å². The third kappa shape index (κ3) is 4.63. The van der Waals surface area contributed by atoms with Gasteiger partial charge in [-0.25, -0.2) is 9.37 Å². The number of ether oxygens (including phenoxy) is 1. The maximum absolute atomic E-state index is 14.1. The number of carbonyl (C=O) groups excluding carboxylic acids is 1. The minimum Gasteiger partial charge on any atom is -0.434 e. The number of nitrogens with one attached hydrogen (secondary N) is 1. The largest absolute Gasteiger partial charge is 0.434 e. The summed E-state index contributed by atoms with van der Waals surface area (Å²) in [5.41, 5.74) is 0.425. The molecule has 0 radical (unpaired) electrons. The van der Waals surface area contributed by atoms with Gasteiger partial charge >= 0.3 is 0 Å². The van der Waals surface area contributed by atoms with Crippen molar-refractivity contribution in [2.45, 2.75) is 46.2 Å². The monoisotopic (exact) mass is 464 g/mol. The number of aromatic nitrogens is 3. The zero-order valence-corrected chi connectivity index (χ0v) is 19.7. The van der Waals surface area contributed by atoms with Crippen LogP contribution in [-0.4, -0.2) is 64.3 Å². The standard InChI is InChI=1S/C22H29FN6O2.ClH/c1-14(2)29(15(3)4)21(30)17-9-16(23)5-6-18(17)31-20-19(25-13-26-27-20)28-8-7-22(12-28)10-24-11-22;/h5-6,9,13-15,24H,7-8,10-12H2,1-4H3;1H. The zero-order chi connectivity index (χ0) is 22.2. The molecule has 2 fully saturated rings. The van der Waals surface area contributed by atoms with Crippen molar-refractivity contribution in [2.75, 3.05) is 31.1 Å². The normalized spacial score (nSPS) is 16.8. The van der Waals surface area contributed by atoms with Gasteiger partial charge in [-0.2, -0.15) is 0 Å². The minimum absolute atomic E-state index is 0. The van der Waals surface area contributed by atoms with Crippen LogP contribution in [0, 0.1) is 11.2 Å². The van der Waals surface area contributed by atoms with Crippen LogP contribution in [0.3, 0.4) is 0 Å². The van der Waals surface area contributed by atoms with Crippen molar-refractivity contribution in [3.05, 3.63) is 35.9 Å². The summed E-state index contributed by atoms with van der Waals surface area (Å²) in [7, 11) is 0. The van der Waals surface area contributed by atoms with E-state index in [4.69, 9.17) is 4.74 Å². The highest BCUT2D eigenvalue weighted by Crippen LogP contribution is 2.39. The molecule has 0 saturated carbocycles. The van der Waals surface area contributed by atoms with Crippen LogP contribution in [0.25, 0.3) is 0 Å². The molecule has 1 N–H and O–H groups in total. The van der Waals surface area contributed by atoms with E-state index in [0.717, 1.165) is 32.6 Å². The SMILES string of the molecule is CC(C)N(C(=O)c1cc(F)ccc1Oc1nncnc1N1CCC2(CNC2)C1)C(C)C.Cl. The second-order valence-electron chi connectivity index (χ2n) is 9.01. The first kappa shape index (κ1) is 24.1. The van der Waals surface area contributed by atoms with Gasteiger partial charge in [0.05, 0.1) is 5.56 Å². The molecular weight excluding hydrogens is 435 g/mol. The molecule has 1 aromatic carbocycles. The van der Waals surface area contributed by atoms with Crippen molar-refractivity contribution >= 4 is 24.1 Å². The third-order valence-corrected chi connectivity index (χ3v) is 6.04. The second kappa shape index (κ2) is 9.54. The van der Waals surface area contributed by atoms with Gasteiger partial charge in [0.25, 0.3) is 11.8 Å². The Morgan fingerprint density at radius 2 is 1.97 bits per heavy atom. The summed E-state index contributed by atoms with van der Waals surface area (Å²) in [6, 6.07) is 3.85. The molecule has 32 heavy (non-hydrogen) atoms. The number of anilines is 1. The van der Waals surface area contributed by atoms with Crippen LogP contribution in [0.4, 0.5) is 10.2 Å². The average Bonchev–Trinajstić information content (AvgIpc) is 3.15. The van der Waals surface area contributed by atoms with E-state index in [1.54, 1.807) is 4.90 Å². The molecule has 1 amide bonds. The number of hydrogen-bond acceptors (Lipinski definition) is 7. The number of amides is 1. The quantitative estimate of drug-likeness (QED) is 0.702. The molecule has 3 heterocycles. The first-order valence-electron chi connectivity index (χ1n) is 10.7. The number of benzene rings is 1. The van der Waals surface area contributed by atoms with Gasteiger partial charge in [-0.05, 0) is 52.3 Å². The summed E-state index contributed by atoms with van der Waals surface area (Å²) >= 11 is 0. The summed E-state index contributed by atoms with van der Waals surface area (Å²) in [5.74, 6) is 0.248. The second-order valence-corrected chi connectivity index (χ2v) is 9.01. The van der Waals surface area contributed by atoms with Gasteiger partial charge in [-0.15, -0.1) is 22.6 Å². The smallest absolute Gasteiger partial charge is 0.282 e. The summed E-state index contributed by atoms with van der Waals surface area (Å²) in [6.45, 7) is 11.4. The molecule has 1 aromatic heterocycles. The van der Waals surface area contributed by atoms with E-state index in [2.05, 4.69) is 25.4 Å². The van der Waals surface area contributed by atoms with Crippen molar-refractivity contribution in [2.24, 2.45) is 5.41 Å². The maximum Gasteiger partial charge on any atom is 0.282 e. The maximum atomic E-state index is 14.1. The highest BCUT2D eigenvalue weighted by Gasteiger charge is 2.44. The lowest BCUT2D eigenvalue weighted by molar-refractivity contribution is 0.0640. The van der Waals surface area contributed by atoms with Crippen molar-refractivity contribution in [1.82, 2.24) is 25.4 Å². The summed E-state index contributed by atoms with van der Waals surface area (Å²) in [4.78, 5) is 21.5. The highest BCUT2D eigenvalue weighted by atomic mass is 35.5. The zero-order valence-electron chi connectivity index (χ0n) is 18.8. The Hall–Kier alpha value is -2.52. The molecule has 2 aliphatic heterocycles. The Balaban J connectivity index is 0.00000289. The fourth-order valence-electron chi connectivity index (χ4n) is 4.49. The Kier molecular flexibility index (Phi) is 7.19. The van der Waals surface area contributed by atoms with Crippen molar-refractivity contribution in [3.8, 4) is 11.6 Å². The molecule has 174 valence electrons.